The molecule has 5 nitrogen and oxygen atoms in total. The summed E-state index contributed by atoms with van der Waals surface area (Å²) >= 11 is 0. The van der Waals surface area contributed by atoms with Crippen LogP contribution in [-0.4, -0.2) is 49.5 Å². The van der Waals surface area contributed by atoms with Gasteiger partial charge in [-0.25, -0.2) is 0 Å². The van der Waals surface area contributed by atoms with E-state index < -0.39 is 0 Å². The topological polar surface area (TPSA) is 67.6 Å². The first-order chi connectivity index (χ1) is 10.1. The van der Waals surface area contributed by atoms with Gasteiger partial charge in [-0.1, -0.05) is 0 Å². The Labute approximate surface area is 126 Å². The molecule has 1 aromatic rings. The van der Waals surface area contributed by atoms with Crippen molar-refractivity contribution >= 4 is 11.5 Å². The second-order valence-electron chi connectivity index (χ2n) is 5.72. The number of hydrogen-bond donors (Lipinski definition) is 2. The number of Topliss-reactive ketones (excluding diaryl/α,β-unsaturated/α-hetero) is 1. The summed E-state index contributed by atoms with van der Waals surface area (Å²) in [4.78, 5) is 14.5. The largest absolute Gasteiger partial charge is 0.489 e. The Kier molecular flexibility index (Phi) is 5.59. The van der Waals surface area contributed by atoms with E-state index in [-0.39, 0.29) is 11.9 Å². The van der Waals surface area contributed by atoms with Gasteiger partial charge in [0.2, 0.25) is 0 Å². The number of nitrogens with one attached hydrogen (secondary N) is 1. The van der Waals surface area contributed by atoms with Gasteiger partial charge in [0, 0.05) is 18.7 Å². The molecule has 0 spiro atoms. The number of carbonyl (C=O) groups is 1. The second-order valence-corrected chi connectivity index (χ2v) is 5.72. The van der Waals surface area contributed by atoms with Gasteiger partial charge in [0.25, 0.3) is 0 Å². The molecule has 3 N–H and O–H groups in total. The van der Waals surface area contributed by atoms with Gasteiger partial charge in [0.15, 0.2) is 5.78 Å². The molecule has 21 heavy (non-hydrogen) atoms. The fourth-order valence-electron chi connectivity index (χ4n) is 2.44. The van der Waals surface area contributed by atoms with Crippen molar-refractivity contribution in [1.29, 1.82) is 0 Å². The molecule has 0 atom stereocenters. The summed E-state index contributed by atoms with van der Waals surface area (Å²) in [7, 11) is 0. The number of anilines is 1. The average molecular weight is 291 g/mol. The molecule has 116 valence electrons. The third-order valence-corrected chi connectivity index (χ3v) is 3.49. The van der Waals surface area contributed by atoms with E-state index >= 15 is 0 Å². The van der Waals surface area contributed by atoms with Crippen molar-refractivity contribution in [3.8, 4) is 5.75 Å². The minimum Gasteiger partial charge on any atom is -0.489 e. The zero-order valence-electron chi connectivity index (χ0n) is 12.9. The molecule has 0 aliphatic carbocycles. The van der Waals surface area contributed by atoms with Crippen molar-refractivity contribution in [2.45, 2.75) is 26.4 Å². The number of benzene rings is 1. The van der Waals surface area contributed by atoms with Gasteiger partial charge in [0.05, 0.1) is 18.3 Å². The summed E-state index contributed by atoms with van der Waals surface area (Å²) in [5, 5.41) is 3.34. The van der Waals surface area contributed by atoms with Crippen LogP contribution in [0.1, 0.15) is 30.6 Å². The predicted octanol–water partition coefficient (Wildman–Crippen LogP) is 1.53. The van der Waals surface area contributed by atoms with Gasteiger partial charge in [0.1, 0.15) is 5.75 Å². The van der Waals surface area contributed by atoms with E-state index in [1.165, 1.54) is 0 Å². The van der Waals surface area contributed by atoms with Gasteiger partial charge >= 0.3 is 0 Å². The number of carbonyl (C=O) groups excluding carboxylic acids is 1. The Morgan fingerprint density at radius 1 is 1.38 bits per heavy atom. The molecule has 1 aliphatic heterocycles. The first-order valence-corrected chi connectivity index (χ1v) is 7.58. The van der Waals surface area contributed by atoms with E-state index in [0.717, 1.165) is 32.6 Å². The lowest BCUT2D eigenvalue weighted by molar-refractivity contribution is 0.0935. The predicted molar refractivity (Wildman–Crippen MR) is 84.9 cm³/mol. The number of nitrogen functional groups attached to an aromatic ring is 1. The van der Waals surface area contributed by atoms with E-state index in [4.69, 9.17) is 10.5 Å². The van der Waals surface area contributed by atoms with Crippen LogP contribution in [0.15, 0.2) is 18.2 Å². The van der Waals surface area contributed by atoms with Crippen molar-refractivity contribution < 1.29 is 9.53 Å². The highest BCUT2D eigenvalue weighted by Crippen LogP contribution is 2.24. The van der Waals surface area contributed by atoms with Gasteiger partial charge in [-0.3, -0.25) is 9.69 Å². The Morgan fingerprint density at radius 2 is 2.19 bits per heavy atom. The molecule has 0 unspecified atom stereocenters. The number of ketones is 1. The number of rotatable bonds is 5. The number of nitrogens with two attached hydrogens (primary N) is 1. The van der Waals surface area contributed by atoms with Crippen LogP contribution in [0.2, 0.25) is 0 Å². The molecular formula is C16H25N3O2. The van der Waals surface area contributed by atoms with E-state index in [9.17, 15) is 4.79 Å². The smallest absolute Gasteiger partial charge is 0.176 e. The molecule has 1 aromatic carbocycles. The SMILES string of the molecule is CC(C)Oc1ccc(C(=O)CN2CCCNCC2)cc1N. The van der Waals surface area contributed by atoms with Crippen molar-refractivity contribution in [1.82, 2.24) is 10.2 Å². The molecule has 1 heterocycles. The Hall–Kier alpha value is -1.59. The first kappa shape index (κ1) is 15.8. The lowest BCUT2D eigenvalue weighted by Gasteiger charge is -2.18. The molecule has 0 radical (unpaired) electrons. The maximum absolute atomic E-state index is 12.4. The Bertz CT molecular complexity index is 480. The lowest BCUT2D eigenvalue weighted by atomic mass is 10.1. The van der Waals surface area contributed by atoms with E-state index in [1.54, 1.807) is 18.2 Å². The normalized spacial score (nSPS) is 16.7. The average Bonchev–Trinajstić information content (AvgIpc) is 2.69. The van der Waals surface area contributed by atoms with Crippen LogP contribution in [0.5, 0.6) is 5.75 Å². The van der Waals surface area contributed by atoms with Crippen LogP contribution in [0.25, 0.3) is 0 Å². The number of ether oxygens (including phenoxy) is 1. The summed E-state index contributed by atoms with van der Waals surface area (Å²) in [5.74, 6) is 0.750. The highest BCUT2D eigenvalue weighted by atomic mass is 16.5. The van der Waals surface area contributed by atoms with Crippen molar-refractivity contribution in [2.24, 2.45) is 0 Å². The molecule has 1 saturated heterocycles. The van der Waals surface area contributed by atoms with Gasteiger partial charge < -0.3 is 15.8 Å². The summed E-state index contributed by atoms with van der Waals surface area (Å²) in [6.07, 6.45) is 1.15. The molecule has 5 heteroatoms. The van der Waals surface area contributed by atoms with Crippen molar-refractivity contribution in [3.63, 3.8) is 0 Å². The second kappa shape index (κ2) is 7.43. The third-order valence-electron chi connectivity index (χ3n) is 3.49. The summed E-state index contributed by atoms with van der Waals surface area (Å²) in [5.41, 5.74) is 7.14. The van der Waals surface area contributed by atoms with Crippen LogP contribution in [0, 0.1) is 0 Å². The van der Waals surface area contributed by atoms with Crippen LogP contribution in [0.3, 0.4) is 0 Å². The maximum Gasteiger partial charge on any atom is 0.176 e. The molecule has 0 saturated carbocycles. The molecule has 0 amide bonds. The summed E-state index contributed by atoms with van der Waals surface area (Å²) in [6.45, 7) is 8.19. The van der Waals surface area contributed by atoms with Gasteiger partial charge in [-0.05, 0) is 51.6 Å². The monoisotopic (exact) mass is 291 g/mol. The zero-order valence-corrected chi connectivity index (χ0v) is 12.9. The molecule has 1 fully saturated rings. The number of nitrogens with zero attached hydrogens (tertiary/aromatic N) is 1. The summed E-state index contributed by atoms with van der Waals surface area (Å²) in [6, 6.07) is 5.30. The summed E-state index contributed by atoms with van der Waals surface area (Å²) < 4.78 is 5.59. The van der Waals surface area contributed by atoms with Crippen molar-refractivity contribution in [3.05, 3.63) is 23.8 Å². The fraction of sp³-hybridized carbons (Fsp3) is 0.562. The minimum absolute atomic E-state index is 0.0680. The van der Waals surface area contributed by atoms with E-state index in [2.05, 4.69) is 10.2 Å². The standard InChI is InChI=1S/C16H25N3O2/c1-12(2)21-16-5-4-13(10-14(16)17)15(20)11-19-8-3-6-18-7-9-19/h4-5,10,12,18H,3,6-9,11,17H2,1-2H3. The molecule has 0 bridgehead atoms. The fourth-order valence-corrected chi connectivity index (χ4v) is 2.44. The molecule has 0 aromatic heterocycles. The zero-order chi connectivity index (χ0) is 15.2. The molecule has 1 aliphatic rings. The van der Waals surface area contributed by atoms with Crippen LogP contribution in [0.4, 0.5) is 5.69 Å². The van der Waals surface area contributed by atoms with Crippen LogP contribution >= 0.6 is 0 Å². The van der Waals surface area contributed by atoms with Crippen molar-refractivity contribution in [2.75, 3.05) is 38.5 Å². The minimum atomic E-state index is 0.0680. The third kappa shape index (κ3) is 4.72. The quantitative estimate of drug-likeness (QED) is 0.636. The number of hydrogen-bond acceptors (Lipinski definition) is 5. The van der Waals surface area contributed by atoms with Crippen LogP contribution < -0.4 is 15.8 Å². The van der Waals surface area contributed by atoms with Crippen LogP contribution in [-0.2, 0) is 0 Å². The molecular weight excluding hydrogens is 266 g/mol. The first-order valence-electron chi connectivity index (χ1n) is 7.58. The Balaban J connectivity index is 2.00. The van der Waals surface area contributed by atoms with E-state index in [0.29, 0.717) is 23.5 Å². The van der Waals surface area contributed by atoms with E-state index in [1.807, 2.05) is 13.8 Å². The molecule has 2 rings (SSSR count). The Morgan fingerprint density at radius 3 is 2.90 bits per heavy atom. The lowest BCUT2D eigenvalue weighted by Crippen LogP contribution is -2.33. The van der Waals surface area contributed by atoms with Gasteiger partial charge in [-0.2, -0.15) is 0 Å². The van der Waals surface area contributed by atoms with Gasteiger partial charge in [-0.15, -0.1) is 0 Å². The highest BCUT2D eigenvalue weighted by Gasteiger charge is 2.15. The highest BCUT2D eigenvalue weighted by molar-refractivity contribution is 5.98. The maximum atomic E-state index is 12.4.